The van der Waals surface area contributed by atoms with E-state index in [1.165, 1.54) is 28.6 Å². The number of nitrogens with zero attached hydrogens (tertiary/aromatic N) is 1. The Labute approximate surface area is 164 Å². The van der Waals surface area contributed by atoms with Gasteiger partial charge in [0.2, 0.25) is 26.0 Å². The van der Waals surface area contributed by atoms with E-state index in [9.17, 15) is 21.6 Å². The predicted octanol–water partition coefficient (Wildman–Crippen LogP) is 0.456. The minimum Gasteiger partial charge on any atom is -0.354 e. The molecule has 2 aromatic rings. The molecule has 8 nitrogen and oxygen atoms in total. The van der Waals surface area contributed by atoms with Crippen LogP contribution in [0.25, 0.3) is 0 Å². The Morgan fingerprint density at radius 1 is 1.00 bits per heavy atom. The van der Waals surface area contributed by atoms with Gasteiger partial charge in [-0.15, -0.1) is 0 Å². The van der Waals surface area contributed by atoms with Crippen LogP contribution in [-0.2, 0) is 31.3 Å². The number of benzene rings is 2. The van der Waals surface area contributed by atoms with Gasteiger partial charge in [-0.1, -0.05) is 30.3 Å². The molecule has 1 heterocycles. The molecule has 1 fully saturated rings. The van der Waals surface area contributed by atoms with Gasteiger partial charge in [-0.25, -0.2) is 22.0 Å². The minimum atomic E-state index is -3.74. The second kappa shape index (κ2) is 8.00. The second-order valence-corrected chi connectivity index (χ2v) is 9.92. The van der Waals surface area contributed by atoms with Gasteiger partial charge < -0.3 is 5.32 Å². The number of amides is 1. The van der Waals surface area contributed by atoms with Crippen molar-refractivity contribution in [2.75, 3.05) is 13.1 Å². The summed E-state index contributed by atoms with van der Waals surface area (Å²) in [5.74, 6) is -0.341. The van der Waals surface area contributed by atoms with Crippen LogP contribution < -0.4 is 10.5 Å². The molecule has 1 aliphatic rings. The molecular weight excluding hydrogens is 402 g/mol. The van der Waals surface area contributed by atoms with Crippen LogP contribution in [0.15, 0.2) is 64.4 Å². The van der Waals surface area contributed by atoms with Gasteiger partial charge in [-0.05, 0) is 42.7 Å². The van der Waals surface area contributed by atoms with E-state index in [-0.39, 0.29) is 15.7 Å². The first-order valence-electron chi connectivity index (χ1n) is 8.66. The van der Waals surface area contributed by atoms with E-state index in [4.69, 9.17) is 5.14 Å². The molecule has 0 aliphatic carbocycles. The summed E-state index contributed by atoms with van der Waals surface area (Å²) in [5, 5.41) is 7.80. The van der Waals surface area contributed by atoms with Crippen LogP contribution in [0, 0.1) is 0 Å². The van der Waals surface area contributed by atoms with E-state index in [1.54, 1.807) is 30.3 Å². The molecule has 0 radical (unpaired) electrons. The SMILES string of the molecule is NS(=O)(=O)c1ccc(CCNC(=O)[C@H]2CCN2S(=O)(=O)c2ccccc2)cc1. The fourth-order valence-corrected chi connectivity index (χ4v) is 5.10. The Morgan fingerprint density at radius 2 is 1.64 bits per heavy atom. The molecule has 3 N–H and O–H groups in total. The summed E-state index contributed by atoms with van der Waals surface area (Å²) in [6.45, 7) is 0.619. The summed E-state index contributed by atoms with van der Waals surface area (Å²) in [7, 11) is -7.42. The number of hydrogen-bond acceptors (Lipinski definition) is 5. The van der Waals surface area contributed by atoms with Gasteiger partial charge in [0, 0.05) is 13.1 Å². The summed E-state index contributed by atoms with van der Waals surface area (Å²) < 4.78 is 48.9. The van der Waals surface area contributed by atoms with Crippen LogP contribution >= 0.6 is 0 Å². The highest BCUT2D eigenvalue weighted by molar-refractivity contribution is 7.89. The smallest absolute Gasteiger partial charge is 0.243 e. The molecule has 0 aromatic heterocycles. The maximum absolute atomic E-state index is 12.6. The standard InChI is InChI=1S/C18H21N3O5S2/c19-27(23,24)15-8-6-14(7-9-15)10-12-20-18(22)17-11-13-21(17)28(25,26)16-4-2-1-3-5-16/h1-9,17H,10-13H2,(H,20,22)(H2,19,23,24)/t17-/m1/s1. The molecule has 1 atom stereocenters. The van der Waals surface area contributed by atoms with Crippen molar-refractivity contribution in [2.45, 2.75) is 28.7 Å². The molecule has 1 saturated heterocycles. The van der Waals surface area contributed by atoms with E-state index in [0.29, 0.717) is 25.9 Å². The first-order valence-corrected chi connectivity index (χ1v) is 11.6. The summed E-state index contributed by atoms with van der Waals surface area (Å²) in [5.41, 5.74) is 0.829. The lowest BCUT2D eigenvalue weighted by Crippen LogP contribution is -2.58. The average Bonchev–Trinajstić information content (AvgIpc) is 2.61. The van der Waals surface area contributed by atoms with Crippen LogP contribution in [-0.4, -0.2) is 46.2 Å². The van der Waals surface area contributed by atoms with E-state index in [0.717, 1.165) is 5.56 Å². The Morgan fingerprint density at radius 3 is 2.18 bits per heavy atom. The van der Waals surface area contributed by atoms with E-state index in [1.807, 2.05) is 0 Å². The molecule has 3 rings (SSSR count). The Bertz CT molecular complexity index is 1050. The third-order valence-electron chi connectivity index (χ3n) is 4.59. The quantitative estimate of drug-likeness (QED) is 0.669. The van der Waals surface area contributed by atoms with Crippen molar-refractivity contribution < 1.29 is 21.6 Å². The van der Waals surface area contributed by atoms with Crippen molar-refractivity contribution in [3.8, 4) is 0 Å². The third kappa shape index (κ3) is 4.41. The Kier molecular flexibility index (Phi) is 5.84. The van der Waals surface area contributed by atoms with Gasteiger partial charge in [0.25, 0.3) is 0 Å². The van der Waals surface area contributed by atoms with Crippen LogP contribution in [0.1, 0.15) is 12.0 Å². The average molecular weight is 424 g/mol. The van der Waals surface area contributed by atoms with Gasteiger partial charge in [-0.2, -0.15) is 4.31 Å². The second-order valence-electron chi connectivity index (χ2n) is 6.46. The van der Waals surface area contributed by atoms with Crippen molar-refractivity contribution in [1.82, 2.24) is 9.62 Å². The Hall–Kier alpha value is -2.27. The first kappa shape index (κ1) is 20.5. The van der Waals surface area contributed by atoms with Crippen molar-refractivity contribution in [2.24, 2.45) is 5.14 Å². The Balaban J connectivity index is 1.55. The summed E-state index contributed by atoms with van der Waals surface area (Å²) in [4.78, 5) is 12.6. The molecule has 0 spiro atoms. The molecule has 150 valence electrons. The van der Waals surface area contributed by atoms with Crippen LogP contribution in [0.4, 0.5) is 0 Å². The monoisotopic (exact) mass is 423 g/mol. The van der Waals surface area contributed by atoms with Crippen LogP contribution in [0.3, 0.4) is 0 Å². The first-order chi connectivity index (χ1) is 13.2. The third-order valence-corrected chi connectivity index (χ3v) is 7.44. The van der Waals surface area contributed by atoms with Crippen molar-refractivity contribution in [3.63, 3.8) is 0 Å². The van der Waals surface area contributed by atoms with E-state index in [2.05, 4.69) is 5.32 Å². The van der Waals surface area contributed by atoms with E-state index >= 15 is 0 Å². The summed E-state index contributed by atoms with van der Waals surface area (Å²) in [6, 6.07) is 13.4. The van der Waals surface area contributed by atoms with Gasteiger partial charge in [0.05, 0.1) is 9.79 Å². The number of carbonyl (C=O) groups excluding carboxylic acids is 1. The highest BCUT2D eigenvalue weighted by atomic mass is 32.2. The number of sulfonamides is 2. The molecule has 28 heavy (non-hydrogen) atoms. The highest BCUT2D eigenvalue weighted by Gasteiger charge is 2.42. The van der Waals surface area contributed by atoms with Crippen molar-refractivity contribution >= 4 is 26.0 Å². The van der Waals surface area contributed by atoms with E-state index < -0.39 is 26.1 Å². The molecule has 1 aliphatic heterocycles. The van der Waals surface area contributed by atoms with Crippen molar-refractivity contribution in [1.29, 1.82) is 0 Å². The zero-order valence-electron chi connectivity index (χ0n) is 15.0. The highest BCUT2D eigenvalue weighted by Crippen LogP contribution is 2.26. The maximum Gasteiger partial charge on any atom is 0.243 e. The molecule has 0 bridgehead atoms. The number of nitrogens with one attached hydrogen (secondary N) is 1. The molecular formula is C18H21N3O5S2. The largest absolute Gasteiger partial charge is 0.354 e. The number of hydrogen-bond donors (Lipinski definition) is 2. The van der Waals surface area contributed by atoms with Crippen molar-refractivity contribution in [3.05, 3.63) is 60.2 Å². The topological polar surface area (TPSA) is 127 Å². The molecule has 1 amide bonds. The summed E-state index contributed by atoms with van der Waals surface area (Å²) in [6.07, 6.45) is 0.954. The predicted molar refractivity (Wildman–Crippen MR) is 103 cm³/mol. The van der Waals surface area contributed by atoms with Gasteiger partial charge >= 0.3 is 0 Å². The van der Waals surface area contributed by atoms with Crippen LogP contribution in [0.5, 0.6) is 0 Å². The summed E-state index contributed by atoms with van der Waals surface area (Å²) >= 11 is 0. The molecule has 0 saturated carbocycles. The fourth-order valence-electron chi connectivity index (χ4n) is 2.93. The van der Waals surface area contributed by atoms with Gasteiger partial charge in [0.15, 0.2) is 0 Å². The molecule has 2 aromatic carbocycles. The fraction of sp³-hybridized carbons (Fsp3) is 0.278. The lowest BCUT2D eigenvalue weighted by Gasteiger charge is -2.38. The van der Waals surface area contributed by atoms with Gasteiger partial charge in [-0.3, -0.25) is 4.79 Å². The number of carbonyl (C=O) groups is 1. The van der Waals surface area contributed by atoms with Crippen LogP contribution in [0.2, 0.25) is 0 Å². The number of rotatable bonds is 7. The lowest BCUT2D eigenvalue weighted by molar-refractivity contribution is -0.127. The zero-order valence-corrected chi connectivity index (χ0v) is 16.6. The zero-order chi connectivity index (χ0) is 20.4. The lowest BCUT2D eigenvalue weighted by atomic mass is 10.1. The number of primary sulfonamides is 1. The van der Waals surface area contributed by atoms with Gasteiger partial charge in [0.1, 0.15) is 6.04 Å². The molecule has 10 heteroatoms. The normalized spacial score (nSPS) is 17.7. The number of nitrogens with two attached hydrogens (primary N) is 1. The molecule has 0 unspecified atom stereocenters. The maximum atomic E-state index is 12.6. The minimum absolute atomic E-state index is 0.0245.